The van der Waals surface area contributed by atoms with Crippen LogP contribution < -0.4 is 5.56 Å². The summed E-state index contributed by atoms with van der Waals surface area (Å²) >= 11 is 0. The molecule has 0 bridgehead atoms. The molecule has 0 spiro atoms. The summed E-state index contributed by atoms with van der Waals surface area (Å²) < 4.78 is 18.9. The molecule has 8 heteroatoms. The maximum atomic E-state index is 13.7. The van der Waals surface area contributed by atoms with E-state index in [1.54, 1.807) is 0 Å². The van der Waals surface area contributed by atoms with Crippen molar-refractivity contribution in [3.63, 3.8) is 0 Å². The van der Waals surface area contributed by atoms with Crippen LogP contribution in [-0.2, 0) is 19.3 Å². The van der Waals surface area contributed by atoms with Gasteiger partial charge in [-0.3, -0.25) is 9.78 Å². The van der Waals surface area contributed by atoms with Crippen molar-refractivity contribution in [1.29, 1.82) is 0 Å². The van der Waals surface area contributed by atoms with E-state index >= 15 is 0 Å². The number of aromatic amines is 1. The maximum absolute atomic E-state index is 13.7. The summed E-state index contributed by atoms with van der Waals surface area (Å²) in [6, 6.07) is 2.84. The van der Waals surface area contributed by atoms with Gasteiger partial charge in [-0.2, -0.15) is 10.1 Å². The number of nitrogens with zero attached hydrogens (tertiary/aromatic N) is 4. The van der Waals surface area contributed by atoms with E-state index in [-0.39, 0.29) is 29.4 Å². The van der Waals surface area contributed by atoms with Gasteiger partial charge in [0.1, 0.15) is 11.4 Å². The summed E-state index contributed by atoms with van der Waals surface area (Å²) in [5.41, 5.74) is 1.99. The van der Waals surface area contributed by atoms with Crippen LogP contribution in [0, 0.1) is 5.82 Å². The average molecular weight is 327 g/mol. The molecule has 122 valence electrons. The zero-order valence-electron chi connectivity index (χ0n) is 12.8. The van der Waals surface area contributed by atoms with Crippen LogP contribution in [0.5, 0.6) is 0 Å². The lowest BCUT2D eigenvalue weighted by Gasteiger charge is -2.15. The lowest BCUT2D eigenvalue weighted by Crippen LogP contribution is -2.19. The van der Waals surface area contributed by atoms with Crippen molar-refractivity contribution in [2.24, 2.45) is 0 Å². The van der Waals surface area contributed by atoms with Crippen LogP contribution in [0.4, 0.5) is 4.39 Å². The van der Waals surface area contributed by atoms with Gasteiger partial charge >= 0.3 is 0 Å². The standard InChI is InChI=1S/C16H14FN5O2/c17-10-5-3-7-18-12(10)8-13-19-16(24-22-13)14-9-4-1-2-6-11(9)20-21-15(14)23/h3,5,7H,1-2,4,6,8H2,(H,21,23). The number of hydrogen-bond donors (Lipinski definition) is 1. The summed E-state index contributed by atoms with van der Waals surface area (Å²) in [7, 11) is 0. The Balaban J connectivity index is 1.71. The van der Waals surface area contributed by atoms with Gasteiger partial charge in [0.2, 0.25) is 0 Å². The molecule has 1 aliphatic rings. The smallest absolute Gasteiger partial charge is 0.277 e. The normalized spacial score (nSPS) is 13.7. The summed E-state index contributed by atoms with van der Waals surface area (Å²) in [5.74, 6) is -0.00509. The first-order chi connectivity index (χ1) is 11.7. The highest BCUT2D eigenvalue weighted by atomic mass is 19.1. The molecule has 0 unspecified atom stereocenters. The first-order valence-corrected chi connectivity index (χ1v) is 7.75. The Morgan fingerprint density at radius 3 is 3.04 bits per heavy atom. The van der Waals surface area contributed by atoms with E-state index in [1.807, 2.05) is 0 Å². The molecule has 0 radical (unpaired) electrons. The Kier molecular flexibility index (Phi) is 3.64. The molecule has 0 aromatic carbocycles. The van der Waals surface area contributed by atoms with Gasteiger partial charge in [-0.15, -0.1) is 0 Å². The molecule has 1 N–H and O–H groups in total. The van der Waals surface area contributed by atoms with Crippen molar-refractivity contribution in [3.8, 4) is 11.5 Å². The van der Waals surface area contributed by atoms with Gasteiger partial charge < -0.3 is 4.52 Å². The van der Waals surface area contributed by atoms with E-state index in [4.69, 9.17) is 4.52 Å². The minimum absolute atomic E-state index is 0.0986. The monoisotopic (exact) mass is 327 g/mol. The third kappa shape index (κ3) is 2.60. The largest absolute Gasteiger partial charge is 0.334 e. The molecule has 0 aliphatic heterocycles. The average Bonchev–Trinajstić information content (AvgIpc) is 3.05. The van der Waals surface area contributed by atoms with Crippen molar-refractivity contribution < 1.29 is 8.91 Å². The Labute approximate surface area is 136 Å². The van der Waals surface area contributed by atoms with Crippen LogP contribution in [-0.4, -0.2) is 25.3 Å². The molecule has 0 fully saturated rings. The number of aryl methyl sites for hydroxylation is 1. The molecule has 3 heterocycles. The maximum Gasteiger partial charge on any atom is 0.277 e. The van der Waals surface area contributed by atoms with Gasteiger partial charge in [0, 0.05) is 6.20 Å². The van der Waals surface area contributed by atoms with Gasteiger partial charge in [-0.25, -0.2) is 9.49 Å². The SMILES string of the molecule is O=c1[nH]nc2c(c1-c1nc(Cc3ncccc3F)no1)CCCC2. The minimum atomic E-state index is -0.428. The minimum Gasteiger partial charge on any atom is -0.334 e. The van der Waals surface area contributed by atoms with E-state index in [1.165, 1.54) is 18.3 Å². The lowest BCUT2D eigenvalue weighted by atomic mass is 9.93. The molecule has 7 nitrogen and oxygen atoms in total. The molecule has 1 aliphatic carbocycles. The fraction of sp³-hybridized carbons (Fsp3) is 0.312. The van der Waals surface area contributed by atoms with E-state index in [0.717, 1.165) is 36.9 Å². The van der Waals surface area contributed by atoms with Crippen LogP contribution in [0.3, 0.4) is 0 Å². The van der Waals surface area contributed by atoms with E-state index in [2.05, 4.69) is 25.3 Å². The van der Waals surface area contributed by atoms with Crippen LogP contribution in [0.2, 0.25) is 0 Å². The summed E-state index contributed by atoms with van der Waals surface area (Å²) in [6.07, 6.45) is 5.21. The molecule has 0 saturated heterocycles. The van der Waals surface area contributed by atoms with Gasteiger partial charge in [0.15, 0.2) is 5.82 Å². The third-order valence-electron chi connectivity index (χ3n) is 4.10. The van der Waals surface area contributed by atoms with Crippen molar-refractivity contribution >= 4 is 0 Å². The number of halogens is 1. The molecule has 24 heavy (non-hydrogen) atoms. The Bertz CT molecular complexity index is 950. The second kappa shape index (κ2) is 5.95. The molecule has 3 aromatic rings. The van der Waals surface area contributed by atoms with Crippen molar-refractivity contribution in [2.45, 2.75) is 32.1 Å². The van der Waals surface area contributed by atoms with Gasteiger partial charge in [0.25, 0.3) is 11.4 Å². The topological polar surface area (TPSA) is 97.6 Å². The lowest BCUT2D eigenvalue weighted by molar-refractivity contribution is 0.422. The first kappa shape index (κ1) is 14.7. The summed E-state index contributed by atoms with van der Waals surface area (Å²) in [4.78, 5) is 20.4. The summed E-state index contributed by atoms with van der Waals surface area (Å²) in [6.45, 7) is 0. The van der Waals surface area contributed by atoms with Crippen LogP contribution in [0.1, 0.15) is 35.6 Å². The zero-order valence-corrected chi connectivity index (χ0v) is 12.8. The van der Waals surface area contributed by atoms with Crippen molar-refractivity contribution in [1.82, 2.24) is 25.3 Å². The zero-order chi connectivity index (χ0) is 16.5. The van der Waals surface area contributed by atoms with E-state index < -0.39 is 5.82 Å². The van der Waals surface area contributed by atoms with Gasteiger partial charge in [-0.1, -0.05) is 5.16 Å². The number of hydrogen-bond acceptors (Lipinski definition) is 6. The van der Waals surface area contributed by atoms with Crippen LogP contribution in [0.25, 0.3) is 11.5 Å². The number of H-pyrrole nitrogens is 1. The number of nitrogens with one attached hydrogen (secondary N) is 1. The third-order valence-corrected chi connectivity index (χ3v) is 4.10. The molecule has 0 atom stereocenters. The highest BCUT2D eigenvalue weighted by Crippen LogP contribution is 2.26. The molecular formula is C16H14FN5O2. The Morgan fingerprint density at radius 1 is 1.29 bits per heavy atom. The fourth-order valence-corrected chi connectivity index (χ4v) is 2.95. The molecule has 4 rings (SSSR count). The Morgan fingerprint density at radius 2 is 2.17 bits per heavy atom. The van der Waals surface area contributed by atoms with Crippen molar-refractivity contribution in [2.75, 3.05) is 0 Å². The second-order valence-corrected chi connectivity index (χ2v) is 5.68. The number of fused-ring (bicyclic) bond motifs is 1. The number of rotatable bonds is 3. The van der Waals surface area contributed by atoms with E-state index in [9.17, 15) is 9.18 Å². The van der Waals surface area contributed by atoms with E-state index in [0.29, 0.717) is 5.56 Å². The predicted molar refractivity (Wildman–Crippen MR) is 81.8 cm³/mol. The van der Waals surface area contributed by atoms with Crippen LogP contribution in [0.15, 0.2) is 27.6 Å². The first-order valence-electron chi connectivity index (χ1n) is 7.75. The molecule has 3 aromatic heterocycles. The molecular weight excluding hydrogens is 313 g/mol. The number of aromatic nitrogens is 5. The molecule has 0 amide bonds. The van der Waals surface area contributed by atoms with Crippen LogP contribution >= 0.6 is 0 Å². The predicted octanol–water partition coefficient (Wildman–Crippen LogP) is 1.82. The highest BCUT2D eigenvalue weighted by molar-refractivity contribution is 5.58. The number of pyridine rings is 1. The van der Waals surface area contributed by atoms with Crippen molar-refractivity contribution in [3.05, 3.63) is 57.3 Å². The van der Waals surface area contributed by atoms with Gasteiger partial charge in [-0.05, 0) is 43.4 Å². The summed E-state index contributed by atoms with van der Waals surface area (Å²) in [5, 5.41) is 10.4. The fourth-order valence-electron chi connectivity index (χ4n) is 2.95. The quantitative estimate of drug-likeness (QED) is 0.788. The Hall–Kier alpha value is -2.90. The highest BCUT2D eigenvalue weighted by Gasteiger charge is 2.23. The second-order valence-electron chi connectivity index (χ2n) is 5.68. The molecule has 0 saturated carbocycles. The van der Waals surface area contributed by atoms with Gasteiger partial charge in [0.05, 0.1) is 17.8 Å².